The zero-order valence-electron chi connectivity index (χ0n) is 9.86. The molecule has 3 rings (SSSR count). The minimum atomic E-state index is -0.308. The van der Waals surface area contributed by atoms with E-state index < -0.39 is 0 Å². The number of benzene rings is 1. The van der Waals surface area contributed by atoms with Crippen molar-refractivity contribution in [1.29, 1.82) is 0 Å². The van der Waals surface area contributed by atoms with Crippen molar-refractivity contribution >= 4 is 0 Å². The Labute approximate surface area is 108 Å². The van der Waals surface area contributed by atoms with E-state index in [-0.39, 0.29) is 5.82 Å². The Kier molecular flexibility index (Phi) is 2.72. The van der Waals surface area contributed by atoms with Crippen LogP contribution >= 0.6 is 0 Å². The molecule has 0 fully saturated rings. The van der Waals surface area contributed by atoms with Crippen molar-refractivity contribution in [3.8, 4) is 22.5 Å². The highest BCUT2D eigenvalue weighted by molar-refractivity contribution is 5.78. The van der Waals surface area contributed by atoms with Crippen molar-refractivity contribution in [2.75, 3.05) is 0 Å². The summed E-state index contributed by atoms with van der Waals surface area (Å²) in [5, 5.41) is 9.86. The van der Waals surface area contributed by atoms with Gasteiger partial charge in [-0.2, -0.15) is 4.73 Å². The van der Waals surface area contributed by atoms with E-state index in [0.29, 0.717) is 11.4 Å². The number of halogens is 1. The molecule has 3 aromatic rings. The molecule has 19 heavy (non-hydrogen) atoms. The van der Waals surface area contributed by atoms with E-state index in [2.05, 4.69) is 9.97 Å². The van der Waals surface area contributed by atoms with Gasteiger partial charge in [0.25, 0.3) is 0 Å². The maximum absolute atomic E-state index is 12.9. The summed E-state index contributed by atoms with van der Waals surface area (Å²) in [6.07, 6.45) is 4.59. The van der Waals surface area contributed by atoms with Crippen LogP contribution in [0.4, 0.5) is 4.39 Å². The molecule has 0 radical (unpaired) electrons. The number of hydrogen-bond acceptors (Lipinski definition) is 3. The fourth-order valence-electron chi connectivity index (χ4n) is 1.94. The summed E-state index contributed by atoms with van der Waals surface area (Å²) in [4.78, 5) is 8.10. The van der Waals surface area contributed by atoms with E-state index >= 15 is 0 Å². The molecular formula is C14H10FN3O. The topological polar surface area (TPSA) is 50.9 Å². The van der Waals surface area contributed by atoms with Crippen LogP contribution in [0.5, 0.6) is 0 Å². The first-order chi connectivity index (χ1) is 9.25. The highest BCUT2D eigenvalue weighted by atomic mass is 19.1. The second-order valence-corrected chi connectivity index (χ2v) is 4.03. The largest absolute Gasteiger partial charge is 0.427 e. The summed E-state index contributed by atoms with van der Waals surface area (Å²) in [5.74, 6) is -0.308. The predicted octanol–water partition coefficient (Wildman–Crippen LogP) is 2.99. The quantitative estimate of drug-likeness (QED) is 0.716. The average molecular weight is 255 g/mol. The summed E-state index contributed by atoms with van der Waals surface area (Å²) in [5.41, 5.74) is 2.66. The smallest absolute Gasteiger partial charge is 0.133 e. The minimum Gasteiger partial charge on any atom is -0.427 e. The zero-order valence-corrected chi connectivity index (χ0v) is 9.86. The van der Waals surface area contributed by atoms with Crippen LogP contribution < -0.4 is 0 Å². The van der Waals surface area contributed by atoms with Crippen LogP contribution in [0.1, 0.15) is 0 Å². The third-order valence-electron chi connectivity index (χ3n) is 2.82. The van der Waals surface area contributed by atoms with Gasteiger partial charge in [0.15, 0.2) is 0 Å². The Morgan fingerprint density at radius 1 is 0.947 bits per heavy atom. The lowest BCUT2D eigenvalue weighted by atomic mass is 10.1. The first kappa shape index (κ1) is 11.4. The van der Waals surface area contributed by atoms with Gasteiger partial charge in [-0.15, -0.1) is 0 Å². The Morgan fingerprint density at radius 2 is 1.63 bits per heavy atom. The SMILES string of the molecule is On1cnc(-c2ccc(F)cc2)c1-c1ccncc1. The zero-order chi connectivity index (χ0) is 13.2. The number of imidazole rings is 1. The second kappa shape index (κ2) is 4.53. The van der Waals surface area contributed by atoms with Crippen LogP contribution in [0, 0.1) is 5.82 Å². The Bertz CT molecular complexity index is 692. The van der Waals surface area contributed by atoms with Gasteiger partial charge in [-0.05, 0) is 36.4 Å². The molecule has 2 aromatic heterocycles. The molecule has 2 heterocycles. The van der Waals surface area contributed by atoms with Crippen LogP contribution in [-0.4, -0.2) is 19.9 Å². The molecule has 1 aromatic carbocycles. The monoisotopic (exact) mass is 255 g/mol. The highest BCUT2D eigenvalue weighted by Crippen LogP contribution is 2.30. The Balaban J connectivity index is 2.16. The van der Waals surface area contributed by atoms with Gasteiger partial charge in [0.05, 0.1) is 5.69 Å². The molecular weight excluding hydrogens is 245 g/mol. The van der Waals surface area contributed by atoms with Crippen LogP contribution in [0.2, 0.25) is 0 Å². The van der Waals surface area contributed by atoms with Gasteiger partial charge in [-0.1, -0.05) is 0 Å². The molecule has 0 bridgehead atoms. The van der Waals surface area contributed by atoms with Gasteiger partial charge in [0, 0.05) is 23.5 Å². The normalized spacial score (nSPS) is 10.6. The summed E-state index contributed by atoms with van der Waals surface area (Å²) in [6.45, 7) is 0. The van der Waals surface area contributed by atoms with Crippen LogP contribution in [-0.2, 0) is 0 Å². The molecule has 0 saturated heterocycles. The van der Waals surface area contributed by atoms with Crippen molar-refractivity contribution in [2.24, 2.45) is 0 Å². The standard InChI is InChI=1S/C14H10FN3O/c15-12-3-1-10(2-4-12)13-14(18(19)9-17-13)11-5-7-16-8-6-11/h1-9,19H. The molecule has 1 N–H and O–H groups in total. The van der Waals surface area contributed by atoms with Gasteiger partial charge in [0.2, 0.25) is 0 Å². The van der Waals surface area contributed by atoms with Gasteiger partial charge in [-0.25, -0.2) is 9.37 Å². The number of nitrogens with zero attached hydrogens (tertiary/aromatic N) is 3. The van der Waals surface area contributed by atoms with Crippen molar-refractivity contribution in [3.63, 3.8) is 0 Å². The van der Waals surface area contributed by atoms with Gasteiger partial charge < -0.3 is 5.21 Å². The third kappa shape index (κ3) is 2.06. The first-order valence-corrected chi connectivity index (χ1v) is 5.68. The van der Waals surface area contributed by atoms with Crippen LogP contribution in [0.25, 0.3) is 22.5 Å². The van der Waals surface area contributed by atoms with Gasteiger partial charge in [-0.3, -0.25) is 4.98 Å². The minimum absolute atomic E-state index is 0.308. The molecule has 0 atom stereocenters. The fourth-order valence-corrected chi connectivity index (χ4v) is 1.94. The molecule has 0 saturated carbocycles. The molecule has 94 valence electrons. The Morgan fingerprint density at radius 3 is 2.32 bits per heavy atom. The highest BCUT2D eigenvalue weighted by Gasteiger charge is 2.14. The first-order valence-electron chi connectivity index (χ1n) is 5.68. The van der Waals surface area contributed by atoms with E-state index in [1.54, 1.807) is 36.7 Å². The van der Waals surface area contributed by atoms with E-state index in [4.69, 9.17) is 0 Å². The van der Waals surface area contributed by atoms with Crippen molar-refractivity contribution in [1.82, 2.24) is 14.7 Å². The summed E-state index contributed by atoms with van der Waals surface area (Å²) in [6, 6.07) is 9.53. The summed E-state index contributed by atoms with van der Waals surface area (Å²) in [7, 11) is 0. The fraction of sp³-hybridized carbons (Fsp3) is 0. The molecule has 0 amide bonds. The average Bonchev–Trinajstić information content (AvgIpc) is 2.82. The number of aromatic nitrogens is 3. The second-order valence-electron chi connectivity index (χ2n) is 4.03. The summed E-state index contributed by atoms with van der Waals surface area (Å²) < 4.78 is 13.9. The van der Waals surface area contributed by atoms with Crippen molar-refractivity contribution in [2.45, 2.75) is 0 Å². The maximum Gasteiger partial charge on any atom is 0.133 e. The molecule has 0 spiro atoms. The van der Waals surface area contributed by atoms with Crippen LogP contribution in [0.15, 0.2) is 55.1 Å². The molecule has 0 aliphatic rings. The van der Waals surface area contributed by atoms with E-state index in [0.717, 1.165) is 15.9 Å². The number of pyridine rings is 1. The lowest BCUT2D eigenvalue weighted by Crippen LogP contribution is -1.93. The molecule has 0 aliphatic heterocycles. The lowest BCUT2D eigenvalue weighted by molar-refractivity contribution is 0.190. The van der Waals surface area contributed by atoms with E-state index in [9.17, 15) is 9.60 Å². The molecule has 0 aliphatic carbocycles. The molecule has 4 nitrogen and oxygen atoms in total. The summed E-state index contributed by atoms with van der Waals surface area (Å²) >= 11 is 0. The lowest BCUT2D eigenvalue weighted by Gasteiger charge is -2.05. The number of hydrogen-bond donors (Lipinski definition) is 1. The van der Waals surface area contributed by atoms with Crippen molar-refractivity contribution < 1.29 is 9.60 Å². The maximum atomic E-state index is 12.9. The van der Waals surface area contributed by atoms with Gasteiger partial charge >= 0.3 is 0 Å². The van der Waals surface area contributed by atoms with Crippen LogP contribution in [0.3, 0.4) is 0 Å². The van der Waals surface area contributed by atoms with E-state index in [1.807, 2.05) is 0 Å². The predicted molar refractivity (Wildman–Crippen MR) is 68.0 cm³/mol. The molecule has 5 heteroatoms. The van der Waals surface area contributed by atoms with Crippen molar-refractivity contribution in [3.05, 3.63) is 60.9 Å². The third-order valence-corrected chi connectivity index (χ3v) is 2.82. The van der Waals surface area contributed by atoms with Gasteiger partial charge in [0.1, 0.15) is 17.8 Å². The van der Waals surface area contributed by atoms with E-state index in [1.165, 1.54) is 18.5 Å². The molecule has 0 unspecified atom stereocenters. The Hall–Kier alpha value is -2.69. The number of rotatable bonds is 2.